The predicted octanol–water partition coefficient (Wildman–Crippen LogP) is 3.91. The van der Waals surface area contributed by atoms with Gasteiger partial charge in [-0.15, -0.1) is 0 Å². The van der Waals surface area contributed by atoms with Gasteiger partial charge in [0.1, 0.15) is 11.6 Å². The van der Waals surface area contributed by atoms with Crippen LogP contribution in [0, 0.1) is 0 Å². The van der Waals surface area contributed by atoms with Crippen molar-refractivity contribution < 1.29 is 13.2 Å². The number of nitrogens with zero attached hydrogens (tertiary/aromatic N) is 2. The Morgan fingerprint density at radius 3 is 2.53 bits per heavy atom. The second kappa shape index (κ2) is 7.23. The molecule has 0 N–H and O–H groups in total. The van der Waals surface area contributed by atoms with Crippen LogP contribution in [-0.2, 0) is 5.75 Å². The third kappa shape index (κ3) is 6.91. The van der Waals surface area contributed by atoms with E-state index in [9.17, 15) is 13.2 Å². The first-order valence-corrected chi connectivity index (χ1v) is 6.55. The van der Waals surface area contributed by atoms with Crippen LogP contribution in [0.5, 0.6) is 0 Å². The van der Waals surface area contributed by atoms with Crippen LogP contribution < -0.4 is 0 Å². The van der Waals surface area contributed by atoms with E-state index in [2.05, 4.69) is 11.7 Å². The van der Waals surface area contributed by atoms with Crippen LogP contribution in [0.2, 0.25) is 0 Å². The molecule has 2 nitrogen and oxygen atoms in total. The molecule has 0 aliphatic rings. The van der Waals surface area contributed by atoms with E-state index in [1.807, 2.05) is 30.3 Å². The molecule has 0 fully saturated rings. The van der Waals surface area contributed by atoms with Crippen LogP contribution in [0.15, 0.2) is 48.1 Å². The second-order valence-electron chi connectivity index (χ2n) is 3.85. The molecule has 6 heteroatoms. The highest BCUT2D eigenvalue weighted by molar-refractivity contribution is 8.13. The maximum Gasteiger partial charge on any atom is 0.407 e. The maximum absolute atomic E-state index is 12.2. The van der Waals surface area contributed by atoms with Gasteiger partial charge in [0.15, 0.2) is 0 Å². The van der Waals surface area contributed by atoms with Crippen molar-refractivity contribution >= 4 is 16.8 Å². The molecule has 0 saturated heterocycles. The molecule has 0 heterocycles. The minimum atomic E-state index is -4.26. The summed E-state index contributed by atoms with van der Waals surface area (Å²) < 4.78 is 36.5. The molecule has 0 saturated carbocycles. The second-order valence-corrected chi connectivity index (χ2v) is 4.84. The SMILES string of the molecule is C=C/C(=N\N(C)CC(F)(F)F)SCc1ccccc1. The third-order valence-electron chi connectivity index (χ3n) is 2.08. The van der Waals surface area contributed by atoms with E-state index in [0.29, 0.717) is 10.8 Å². The standard InChI is InChI=1S/C13H15F3N2S/c1-3-12(17-18(2)10-13(14,15)16)19-9-11-7-5-4-6-8-11/h3-8H,1,9-10H2,2H3/b17-12+. The first kappa shape index (κ1) is 15.6. The molecule has 0 amide bonds. The van der Waals surface area contributed by atoms with Gasteiger partial charge in [-0.25, -0.2) is 0 Å². The van der Waals surface area contributed by atoms with Gasteiger partial charge in [0, 0.05) is 12.8 Å². The largest absolute Gasteiger partial charge is 0.407 e. The molecular weight excluding hydrogens is 273 g/mol. The number of hydrazone groups is 1. The quantitative estimate of drug-likeness (QED) is 0.464. The Balaban J connectivity index is 2.55. The molecular formula is C13H15F3N2S. The number of halogens is 3. The number of benzene rings is 1. The summed E-state index contributed by atoms with van der Waals surface area (Å²) in [4.78, 5) is 0. The Morgan fingerprint density at radius 1 is 1.37 bits per heavy atom. The van der Waals surface area contributed by atoms with Gasteiger partial charge in [0.05, 0.1) is 0 Å². The lowest BCUT2D eigenvalue weighted by atomic mass is 10.2. The van der Waals surface area contributed by atoms with Crippen LogP contribution in [-0.4, -0.2) is 29.8 Å². The molecule has 1 rings (SSSR count). The molecule has 1 aromatic carbocycles. The topological polar surface area (TPSA) is 15.6 Å². The Bertz CT molecular complexity index is 429. The van der Waals surface area contributed by atoms with Crippen molar-refractivity contribution in [2.24, 2.45) is 5.10 Å². The van der Waals surface area contributed by atoms with Crippen molar-refractivity contribution in [3.8, 4) is 0 Å². The zero-order valence-electron chi connectivity index (χ0n) is 10.5. The van der Waals surface area contributed by atoms with E-state index in [1.54, 1.807) is 0 Å². The molecule has 0 atom stereocenters. The van der Waals surface area contributed by atoms with Crippen LogP contribution in [0.4, 0.5) is 13.2 Å². The van der Waals surface area contributed by atoms with Crippen molar-refractivity contribution in [2.45, 2.75) is 11.9 Å². The van der Waals surface area contributed by atoms with Gasteiger partial charge in [-0.3, -0.25) is 5.01 Å². The lowest BCUT2D eigenvalue weighted by molar-refractivity contribution is -0.142. The Kier molecular flexibility index (Phi) is 5.95. The normalized spacial score (nSPS) is 12.3. The highest BCUT2D eigenvalue weighted by Gasteiger charge is 2.29. The van der Waals surface area contributed by atoms with E-state index < -0.39 is 12.7 Å². The summed E-state index contributed by atoms with van der Waals surface area (Å²) in [6.45, 7) is 2.49. The molecule has 0 aliphatic carbocycles. The maximum atomic E-state index is 12.2. The zero-order valence-corrected chi connectivity index (χ0v) is 11.3. The van der Waals surface area contributed by atoms with Crippen LogP contribution >= 0.6 is 11.8 Å². The summed E-state index contributed by atoms with van der Waals surface area (Å²) in [6.07, 6.45) is -2.80. The zero-order chi connectivity index (χ0) is 14.3. The summed E-state index contributed by atoms with van der Waals surface area (Å²) in [5.41, 5.74) is 1.08. The Labute approximate surface area is 115 Å². The lowest BCUT2D eigenvalue weighted by Crippen LogP contribution is -2.27. The van der Waals surface area contributed by atoms with Crippen LogP contribution in [0.25, 0.3) is 0 Å². The lowest BCUT2D eigenvalue weighted by Gasteiger charge is -2.16. The van der Waals surface area contributed by atoms with Crippen molar-refractivity contribution in [3.63, 3.8) is 0 Å². The summed E-state index contributed by atoms with van der Waals surface area (Å²) >= 11 is 1.35. The highest BCUT2D eigenvalue weighted by atomic mass is 32.2. The fourth-order valence-corrected chi connectivity index (χ4v) is 2.15. The minimum absolute atomic E-state index is 0.468. The van der Waals surface area contributed by atoms with E-state index in [-0.39, 0.29) is 0 Å². The van der Waals surface area contributed by atoms with Crippen molar-refractivity contribution in [1.29, 1.82) is 0 Å². The van der Waals surface area contributed by atoms with Crippen molar-refractivity contribution in [1.82, 2.24) is 5.01 Å². The number of alkyl halides is 3. The minimum Gasteiger partial charge on any atom is -0.290 e. The molecule has 0 bridgehead atoms. The number of thioether (sulfide) groups is 1. The molecule has 0 aliphatic heterocycles. The average Bonchev–Trinajstić information content (AvgIpc) is 2.33. The fraction of sp³-hybridized carbons (Fsp3) is 0.308. The van der Waals surface area contributed by atoms with Gasteiger partial charge in [0.2, 0.25) is 0 Å². The predicted molar refractivity (Wildman–Crippen MR) is 74.1 cm³/mol. The van der Waals surface area contributed by atoms with E-state index >= 15 is 0 Å². The van der Waals surface area contributed by atoms with Gasteiger partial charge in [-0.05, 0) is 11.6 Å². The van der Waals surface area contributed by atoms with E-state index in [0.717, 1.165) is 10.6 Å². The van der Waals surface area contributed by atoms with Crippen LogP contribution in [0.1, 0.15) is 5.56 Å². The molecule has 104 valence electrons. The summed E-state index contributed by atoms with van der Waals surface area (Å²) in [6, 6.07) is 9.64. The van der Waals surface area contributed by atoms with Gasteiger partial charge in [0.25, 0.3) is 0 Å². The molecule has 0 radical (unpaired) electrons. The molecule has 0 spiro atoms. The van der Waals surface area contributed by atoms with E-state index in [4.69, 9.17) is 0 Å². The number of hydrogen-bond donors (Lipinski definition) is 0. The summed E-state index contributed by atoms with van der Waals surface area (Å²) in [5.74, 6) is 0.644. The summed E-state index contributed by atoms with van der Waals surface area (Å²) in [5, 5.41) is 5.21. The van der Waals surface area contributed by atoms with Crippen molar-refractivity contribution in [3.05, 3.63) is 48.6 Å². The number of hydrogen-bond acceptors (Lipinski definition) is 3. The average molecular weight is 288 g/mol. The van der Waals surface area contributed by atoms with Gasteiger partial charge in [-0.2, -0.15) is 18.3 Å². The third-order valence-corrected chi connectivity index (χ3v) is 3.10. The molecule has 19 heavy (non-hydrogen) atoms. The van der Waals surface area contributed by atoms with Gasteiger partial charge in [-0.1, -0.05) is 48.7 Å². The Morgan fingerprint density at radius 2 is 2.00 bits per heavy atom. The molecule has 1 aromatic rings. The summed E-state index contributed by atoms with van der Waals surface area (Å²) in [7, 11) is 1.29. The first-order chi connectivity index (χ1) is 8.90. The molecule has 0 aromatic heterocycles. The molecule has 0 unspecified atom stereocenters. The van der Waals surface area contributed by atoms with Gasteiger partial charge >= 0.3 is 6.18 Å². The smallest absolute Gasteiger partial charge is 0.290 e. The first-order valence-electron chi connectivity index (χ1n) is 5.56. The van der Waals surface area contributed by atoms with Crippen molar-refractivity contribution in [2.75, 3.05) is 13.6 Å². The van der Waals surface area contributed by atoms with Gasteiger partial charge < -0.3 is 0 Å². The fourth-order valence-electron chi connectivity index (χ4n) is 1.32. The Hall–Kier alpha value is -1.43. The number of rotatable bonds is 5. The monoisotopic (exact) mass is 288 g/mol. The highest BCUT2D eigenvalue weighted by Crippen LogP contribution is 2.18. The van der Waals surface area contributed by atoms with Crippen LogP contribution in [0.3, 0.4) is 0 Å². The van der Waals surface area contributed by atoms with E-state index in [1.165, 1.54) is 24.9 Å².